The van der Waals surface area contributed by atoms with E-state index < -0.39 is 5.41 Å². The number of hydrogen-bond donors (Lipinski definition) is 1. The third-order valence-electron chi connectivity index (χ3n) is 3.37. The van der Waals surface area contributed by atoms with E-state index in [9.17, 15) is 10.1 Å². The van der Waals surface area contributed by atoms with Crippen LogP contribution < -0.4 is 0 Å². The largest absolute Gasteiger partial charge is 0.361 e. The molecule has 84 valence electrons. The number of ketones is 1. The average Bonchev–Trinajstić information content (AvgIpc) is 2.67. The Bertz CT molecular complexity index is 658. The van der Waals surface area contributed by atoms with Crippen LogP contribution in [0.1, 0.15) is 18.4 Å². The number of carbonyl (C=O) groups excluding carboxylic acids is 1. The van der Waals surface area contributed by atoms with Crippen molar-refractivity contribution in [1.82, 2.24) is 4.98 Å². The zero-order valence-corrected chi connectivity index (χ0v) is 9.71. The van der Waals surface area contributed by atoms with E-state index in [-0.39, 0.29) is 5.78 Å². The van der Waals surface area contributed by atoms with E-state index >= 15 is 0 Å². The summed E-state index contributed by atoms with van der Waals surface area (Å²) in [5, 5.41) is 10.9. The van der Waals surface area contributed by atoms with Gasteiger partial charge in [0, 0.05) is 35.0 Å². The zero-order chi connectivity index (χ0) is 12.0. The first-order valence-electron chi connectivity index (χ1n) is 5.35. The predicted octanol–water partition coefficient (Wildman–Crippen LogP) is 2.95. The van der Waals surface area contributed by atoms with E-state index in [1.54, 1.807) is 6.07 Å². The molecule has 1 aromatic carbocycles. The topological polar surface area (TPSA) is 56.6 Å². The molecule has 0 atom stereocenters. The van der Waals surface area contributed by atoms with Crippen molar-refractivity contribution >= 4 is 28.3 Å². The standard InChI is InChI=1S/C13H9ClN2O/c14-8-1-2-10-11(6-16-12(10)3-8)13(7-15)4-9(17)5-13/h1-3,6,16H,4-5H2. The van der Waals surface area contributed by atoms with Gasteiger partial charge < -0.3 is 4.98 Å². The summed E-state index contributed by atoms with van der Waals surface area (Å²) in [7, 11) is 0. The first-order valence-corrected chi connectivity index (χ1v) is 5.72. The van der Waals surface area contributed by atoms with Gasteiger partial charge in [0.15, 0.2) is 0 Å². The number of benzene rings is 1. The number of Topliss-reactive ketones (excluding diaryl/α,β-unsaturated/α-hetero) is 1. The molecule has 1 aromatic heterocycles. The van der Waals surface area contributed by atoms with Crippen LogP contribution in [0.25, 0.3) is 10.9 Å². The number of carbonyl (C=O) groups is 1. The van der Waals surface area contributed by atoms with Gasteiger partial charge in [0.25, 0.3) is 0 Å². The highest BCUT2D eigenvalue weighted by Gasteiger charge is 2.46. The number of rotatable bonds is 1. The number of H-pyrrole nitrogens is 1. The molecule has 4 heteroatoms. The number of hydrogen-bond acceptors (Lipinski definition) is 2. The van der Waals surface area contributed by atoms with Gasteiger partial charge in [-0.25, -0.2) is 0 Å². The van der Waals surface area contributed by atoms with E-state index in [4.69, 9.17) is 11.6 Å². The van der Waals surface area contributed by atoms with Gasteiger partial charge in [0.05, 0.1) is 11.5 Å². The molecule has 0 spiro atoms. The van der Waals surface area contributed by atoms with Crippen LogP contribution >= 0.6 is 11.6 Å². The molecule has 0 unspecified atom stereocenters. The minimum atomic E-state index is -0.636. The zero-order valence-electron chi connectivity index (χ0n) is 8.96. The molecular formula is C13H9ClN2O. The number of nitriles is 1. The molecule has 1 aliphatic carbocycles. The van der Waals surface area contributed by atoms with Gasteiger partial charge in [0.2, 0.25) is 0 Å². The Morgan fingerprint density at radius 2 is 2.18 bits per heavy atom. The van der Waals surface area contributed by atoms with E-state index in [2.05, 4.69) is 11.1 Å². The minimum Gasteiger partial charge on any atom is -0.361 e. The smallest absolute Gasteiger partial charge is 0.136 e. The number of nitrogens with one attached hydrogen (secondary N) is 1. The lowest BCUT2D eigenvalue weighted by Gasteiger charge is -2.33. The van der Waals surface area contributed by atoms with Crippen LogP contribution in [0.5, 0.6) is 0 Å². The Morgan fingerprint density at radius 3 is 2.82 bits per heavy atom. The summed E-state index contributed by atoms with van der Waals surface area (Å²) < 4.78 is 0. The van der Waals surface area contributed by atoms with Crippen LogP contribution in [0.2, 0.25) is 5.02 Å². The van der Waals surface area contributed by atoms with Crippen molar-refractivity contribution in [3.05, 3.63) is 35.0 Å². The minimum absolute atomic E-state index is 0.148. The van der Waals surface area contributed by atoms with E-state index in [0.717, 1.165) is 16.5 Å². The molecule has 1 heterocycles. The Labute approximate surface area is 103 Å². The normalized spacial score (nSPS) is 17.8. The maximum Gasteiger partial charge on any atom is 0.136 e. The molecule has 0 radical (unpaired) electrons. The third kappa shape index (κ3) is 1.38. The molecule has 2 aromatic rings. The highest BCUT2D eigenvalue weighted by atomic mass is 35.5. The highest BCUT2D eigenvalue weighted by Crippen LogP contribution is 2.43. The summed E-state index contributed by atoms with van der Waals surface area (Å²) in [4.78, 5) is 14.3. The lowest BCUT2D eigenvalue weighted by molar-refractivity contribution is -0.126. The molecule has 0 saturated heterocycles. The molecule has 0 amide bonds. The van der Waals surface area contributed by atoms with E-state index in [0.29, 0.717) is 17.9 Å². The number of aromatic nitrogens is 1. The second kappa shape index (κ2) is 3.35. The molecular weight excluding hydrogens is 236 g/mol. The summed E-state index contributed by atoms with van der Waals surface area (Å²) in [6, 6.07) is 7.80. The summed E-state index contributed by atoms with van der Waals surface area (Å²) in [6.07, 6.45) is 2.45. The van der Waals surface area contributed by atoms with Gasteiger partial charge in [-0.05, 0) is 17.7 Å². The van der Waals surface area contributed by atoms with Crippen LogP contribution in [0.15, 0.2) is 24.4 Å². The SMILES string of the molecule is N#CC1(c2c[nH]c3cc(Cl)ccc23)CC(=O)C1. The van der Waals surface area contributed by atoms with Gasteiger partial charge in [-0.3, -0.25) is 4.79 Å². The maximum atomic E-state index is 11.2. The molecule has 3 rings (SSSR count). The monoisotopic (exact) mass is 244 g/mol. The van der Waals surface area contributed by atoms with Crippen molar-refractivity contribution in [1.29, 1.82) is 5.26 Å². The predicted molar refractivity (Wildman–Crippen MR) is 64.8 cm³/mol. The first kappa shape index (κ1) is 10.4. The summed E-state index contributed by atoms with van der Waals surface area (Å²) >= 11 is 5.91. The molecule has 1 fully saturated rings. The molecule has 17 heavy (non-hydrogen) atoms. The van der Waals surface area contributed by atoms with Crippen LogP contribution in [0.3, 0.4) is 0 Å². The van der Waals surface area contributed by atoms with Crippen molar-refractivity contribution in [2.24, 2.45) is 0 Å². The molecule has 1 aliphatic rings. The number of nitrogens with zero attached hydrogens (tertiary/aromatic N) is 1. The lowest BCUT2D eigenvalue weighted by atomic mass is 9.65. The Kier molecular flexibility index (Phi) is 2.04. The van der Waals surface area contributed by atoms with Gasteiger partial charge in [0.1, 0.15) is 5.78 Å². The third-order valence-corrected chi connectivity index (χ3v) is 3.61. The summed E-state index contributed by atoms with van der Waals surface area (Å²) in [6.45, 7) is 0. The van der Waals surface area contributed by atoms with Gasteiger partial charge in [-0.15, -0.1) is 0 Å². The second-order valence-corrected chi connectivity index (χ2v) is 4.91. The van der Waals surface area contributed by atoms with Crippen LogP contribution in [0.4, 0.5) is 0 Å². The fourth-order valence-electron chi connectivity index (χ4n) is 2.45. The fourth-order valence-corrected chi connectivity index (χ4v) is 2.62. The van der Waals surface area contributed by atoms with Gasteiger partial charge >= 0.3 is 0 Å². The summed E-state index contributed by atoms with van der Waals surface area (Å²) in [5.74, 6) is 0.148. The van der Waals surface area contributed by atoms with Crippen molar-refractivity contribution < 1.29 is 4.79 Å². The van der Waals surface area contributed by atoms with Crippen molar-refractivity contribution in [3.63, 3.8) is 0 Å². The number of fused-ring (bicyclic) bond motifs is 1. The van der Waals surface area contributed by atoms with E-state index in [1.807, 2.05) is 18.3 Å². The van der Waals surface area contributed by atoms with E-state index in [1.165, 1.54) is 0 Å². The molecule has 3 nitrogen and oxygen atoms in total. The Balaban J connectivity index is 2.19. The number of aromatic amines is 1. The molecule has 1 saturated carbocycles. The fraction of sp³-hybridized carbons (Fsp3) is 0.231. The highest BCUT2D eigenvalue weighted by molar-refractivity contribution is 6.31. The Hall–Kier alpha value is -1.79. The van der Waals surface area contributed by atoms with Crippen molar-refractivity contribution in [2.75, 3.05) is 0 Å². The molecule has 0 aliphatic heterocycles. The van der Waals surface area contributed by atoms with Gasteiger partial charge in [-0.1, -0.05) is 17.7 Å². The van der Waals surface area contributed by atoms with Crippen LogP contribution in [-0.4, -0.2) is 10.8 Å². The van der Waals surface area contributed by atoms with Crippen molar-refractivity contribution in [3.8, 4) is 6.07 Å². The molecule has 1 N–H and O–H groups in total. The molecule has 0 bridgehead atoms. The summed E-state index contributed by atoms with van der Waals surface area (Å²) in [5.41, 5.74) is 1.18. The lowest BCUT2D eigenvalue weighted by Crippen LogP contribution is -2.40. The maximum absolute atomic E-state index is 11.2. The van der Waals surface area contributed by atoms with Crippen LogP contribution in [0, 0.1) is 11.3 Å². The van der Waals surface area contributed by atoms with Crippen molar-refractivity contribution in [2.45, 2.75) is 18.3 Å². The van der Waals surface area contributed by atoms with Crippen LogP contribution in [-0.2, 0) is 10.2 Å². The quantitative estimate of drug-likeness (QED) is 0.839. The second-order valence-electron chi connectivity index (χ2n) is 4.48. The average molecular weight is 245 g/mol. The van der Waals surface area contributed by atoms with Gasteiger partial charge in [-0.2, -0.15) is 5.26 Å². The first-order chi connectivity index (χ1) is 8.14. The Morgan fingerprint density at radius 1 is 1.41 bits per heavy atom. The number of halogens is 1.